The molecule has 20 heavy (non-hydrogen) atoms. The van der Waals surface area contributed by atoms with Gasteiger partial charge < -0.3 is 20.7 Å². The van der Waals surface area contributed by atoms with Crippen LogP contribution in [0.2, 0.25) is 0 Å². The summed E-state index contributed by atoms with van der Waals surface area (Å²) < 4.78 is 0. The third-order valence-electron chi connectivity index (χ3n) is 3.91. The summed E-state index contributed by atoms with van der Waals surface area (Å²) in [6.45, 7) is 5.77. The van der Waals surface area contributed by atoms with Gasteiger partial charge in [0.2, 0.25) is 0 Å². The molecule has 0 amide bonds. The predicted octanol–water partition coefficient (Wildman–Crippen LogP) is 0.933. The average Bonchev–Trinajstić information content (AvgIpc) is 2.86. The van der Waals surface area contributed by atoms with Gasteiger partial charge in [-0.25, -0.2) is 0 Å². The van der Waals surface area contributed by atoms with Gasteiger partial charge in [0.25, 0.3) is 0 Å². The van der Waals surface area contributed by atoms with Crippen LogP contribution in [0, 0.1) is 13.8 Å². The predicted molar refractivity (Wildman–Crippen MR) is 80.5 cm³/mol. The van der Waals surface area contributed by atoms with E-state index in [-0.39, 0.29) is 5.84 Å². The second-order valence-corrected chi connectivity index (χ2v) is 5.58. The fraction of sp³-hybridized carbons (Fsp3) is 0.571. The molecular formula is C14H23N5O. The highest BCUT2D eigenvalue weighted by atomic mass is 16.4. The van der Waals surface area contributed by atoms with E-state index in [1.165, 1.54) is 0 Å². The minimum atomic E-state index is 0.123. The number of aromatic nitrogens is 1. The van der Waals surface area contributed by atoms with Crippen molar-refractivity contribution in [3.63, 3.8) is 0 Å². The third kappa shape index (κ3) is 2.70. The number of hydrogen-bond acceptors (Lipinski definition) is 5. The van der Waals surface area contributed by atoms with Gasteiger partial charge in [-0.1, -0.05) is 5.16 Å². The molecule has 1 fully saturated rings. The van der Waals surface area contributed by atoms with Crippen LogP contribution in [-0.4, -0.2) is 54.2 Å². The highest BCUT2D eigenvalue weighted by Crippen LogP contribution is 2.28. The van der Waals surface area contributed by atoms with E-state index < -0.39 is 0 Å². The summed E-state index contributed by atoms with van der Waals surface area (Å²) in [6.07, 6.45) is 1.11. The summed E-state index contributed by atoms with van der Waals surface area (Å²) in [5.74, 6) is 0.123. The Balaban J connectivity index is 2.41. The van der Waals surface area contributed by atoms with Gasteiger partial charge in [0, 0.05) is 24.8 Å². The van der Waals surface area contributed by atoms with Crippen LogP contribution in [0.25, 0.3) is 0 Å². The molecule has 1 aliphatic rings. The Bertz CT molecular complexity index is 527. The molecule has 1 atom stereocenters. The van der Waals surface area contributed by atoms with Crippen LogP contribution >= 0.6 is 0 Å². The van der Waals surface area contributed by atoms with Crippen LogP contribution < -0.4 is 10.6 Å². The quantitative estimate of drug-likeness (QED) is 0.372. The van der Waals surface area contributed by atoms with Crippen molar-refractivity contribution in [1.29, 1.82) is 0 Å². The largest absolute Gasteiger partial charge is 0.409 e. The molecule has 6 heteroatoms. The lowest BCUT2D eigenvalue weighted by molar-refractivity contribution is 0.315. The van der Waals surface area contributed by atoms with Crippen molar-refractivity contribution in [2.45, 2.75) is 26.3 Å². The number of oxime groups is 1. The Morgan fingerprint density at radius 3 is 2.75 bits per heavy atom. The lowest BCUT2D eigenvalue weighted by Crippen LogP contribution is -2.32. The topological polar surface area (TPSA) is 78.0 Å². The molecule has 1 aromatic rings. The lowest BCUT2D eigenvalue weighted by atomic mass is 10.1. The van der Waals surface area contributed by atoms with E-state index in [2.05, 4.69) is 34.0 Å². The van der Waals surface area contributed by atoms with Crippen molar-refractivity contribution in [3.05, 3.63) is 23.0 Å². The average molecular weight is 277 g/mol. The maximum absolute atomic E-state index is 9.00. The van der Waals surface area contributed by atoms with Gasteiger partial charge in [-0.2, -0.15) is 0 Å². The number of aryl methyl sites for hydroxylation is 2. The summed E-state index contributed by atoms with van der Waals surface area (Å²) in [6, 6.07) is 2.54. The smallest absolute Gasteiger partial charge is 0.174 e. The van der Waals surface area contributed by atoms with Crippen LogP contribution in [0.1, 0.15) is 23.4 Å². The first kappa shape index (κ1) is 14.6. The maximum Gasteiger partial charge on any atom is 0.174 e. The first-order valence-electron chi connectivity index (χ1n) is 6.81. The fourth-order valence-corrected chi connectivity index (χ4v) is 2.81. The monoisotopic (exact) mass is 277 g/mol. The number of anilines is 1. The maximum atomic E-state index is 9.00. The standard InChI is InChI=1S/C14H23N5O/c1-9-7-12(13(10(2)16-9)14(15)17-20)19-6-5-11(8-19)18(3)4/h7,11,20H,5-6,8H2,1-4H3,(H2,15,17). The highest BCUT2D eigenvalue weighted by molar-refractivity contribution is 6.03. The molecule has 6 nitrogen and oxygen atoms in total. The van der Waals surface area contributed by atoms with Crippen LogP contribution in [0.3, 0.4) is 0 Å². The molecule has 2 rings (SSSR count). The molecule has 110 valence electrons. The number of likely N-dealkylation sites (N-methyl/N-ethyl adjacent to an activating group) is 1. The number of pyridine rings is 1. The van der Waals surface area contributed by atoms with Crippen molar-refractivity contribution in [2.75, 3.05) is 32.1 Å². The van der Waals surface area contributed by atoms with Crippen molar-refractivity contribution < 1.29 is 5.21 Å². The first-order chi connectivity index (χ1) is 9.43. The zero-order chi connectivity index (χ0) is 14.9. The summed E-state index contributed by atoms with van der Waals surface area (Å²) in [4.78, 5) is 8.95. The fourth-order valence-electron chi connectivity index (χ4n) is 2.81. The Labute approximate surface area is 119 Å². The normalized spacial score (nSPS) is 19.9. The van der Waals surface area contributed by atoms with Gasteiger partial charge >= 0.3 is 0 Å². The number of amidine groups is 1. The third-order valence-corrected chi connectivity index (χ3v) is 3.91. The van der Waals surface area contributed by atoms with Gasteiger partial charge in [0.05, 0.1) is 16.9 Å². The van der Waals surface area contributed by atoms with Crippen molar-refractivity contribution in [1.82, 2.24) is 9.88 Å². The van der Waals surface area contributed by atoms with Crippen LogP contribution in [-0.2, 0) is 0 Å². The Morgan fingerprint density at radius 1 is 1.50 bits per heavy atom. The second-order valence-electron chi connectivity index (χ2n) is 5.58. The molecule has 1 aromatic heterocycles. The molecule has 1 saturated heterocycles. The molecule has 0 saturated carbocycles. The lowest BCUT2D eigenvalue weighted by Gasteiger charge is -2.24. The number of rotatable bonds is 3. The van der Waals surface area contributed by atoms with E-state index in [0.29, 0.717) is 6.04 Å². The number of nitrogens with zero attached hydrogens (tertiary/aromatic N) is 4. The van der Waals surface area contributed by atoms with E-state index in [4.69, 9.17) is 10.9 Å². The van der Waals surface area contributed by atoms with Gasteiger partial charge in [-0.15, -0.1) is 0 Å². The SMILES string of the molecule is Cc1cc(N2CCC(N(C)C)C2)c(/C(N)=N/O)c(C)n1. The van der Waals surface area contributed by atoms with Gasteiger partial charge in [0.15, 0.2) is 5.84 Å². The zero-order valence-corrected chi connectivity index (χ0v) is 12.6. The van der Waals surface area contributed by atoms with E-state index >= 15 is 0 Å². The molecule has 0 radical (unpaired) electrons. The van der Waals surface area contributed by atoms with Gasteiger partial charge in [-0.05, 0) is 40.4 Å². The summed E-state index contributed by atoms with van der Waals surface area (Å²) in [7, 11) is 4.20. The van der Waals surface area contributed by atoms with Crippen molar-refractivity contribution >= 4 is 11.5 Å². The van der Waals surface area contributed by atoms with Crippen LogP contribution in [0.15, 0.2) is 11.2 Å². The second kappa shape index (κ2) is 5.66. The summed E-state index contributed by atoms with van der Waals surface area (Å²) in [5, 5.41) is 12.2. The van der Waals surface area contributed by atoms with Crippen molar-refractivity contribution in [3.8, 4) is 0 Å². The Hall–Kier alpha value is -1.82. The number of nitrogens with two attached hydrogens (primary N) is 1. The molecule has 1 aliphatic heterocycles. The van der Waals surface area contributed by atoms with Gasteiger partial charge in [0.1, 0.15) is 0 Å². The first-order valence-corrected chi connectivity index (χ1v) is 6.81. The van der Waals surface area contributed by atoms with E-state index in [0.717, 1.165) is 42.1 Å². The summed E-state index contributed by atoms with van der Waals surface area (Å²) in [5.41, 5.74) is 9.31. The van der Waals surface area contributed by atoms with Crippen LogP contribution in [0.4, 0.5) is 5.69 Å². The van der Waals surface area contributed by atoms with E-state index in [1.807, 2.05) is 19.9 Å². The van der Waals surface area contributed by atoms with Crippen LogP contribution in [0.5, 0.6) is 0 Å². The van der Waals surface area contributed by atoms with Crippen molar-refractivity contribution in [2.24, 2.45) is 10.9 Å². The molecule has 0 bridgehead atoms. The molecule has 1 unspecified atom stereocenters. The minimum Gasteiger partial charge on any atom is -0.409 e. The number of hydrogen-bond donors (Lipinski definition) is 2. The molecule has 3 N–H and O–H groups in total. The minimum absolute atomic E-state index is 0.123. The molecule has 2 heterocycles. The molecule has 0 aliphatic carbocycles. The Morgan fingerprint density at radius 2 is 2.20 bits per heavy atom. The van der Waals surface area contributed by atoms with Gasteiger partial charge in [-0.3, -0.25) is 4.98 Å². The molecule has 0 aromatic carbocycles. The van der Waals surface area contributed by atoms with E-state index in [9.17, 15) is 0 Å². The molecular weight excluding hydrogens is 254 g/mol. The highest BCUT2D eigenvalue weighted by Gasteiger charge is 2.27. The zero-order valence-electron chi connectivity index (χ0n) is 12.6. The Kier molecular flexibility index (Phi) is 4.13. The molecule has 0 spiro atoms. The summed E-state index contributed by atoms with van der Waals surface area (Å²) >= 11 is 0. The van der Waals surface area contributed by atoms with E-state index in [1.54, 1.807) is 0 Å².